The third kappa shape index (κ3) is 7.57. The number of amides is 2. The van der Waals surface area contributed by atoms with Gasteiger partial charge in [-0.2, -0.15) is 0 Å². The SMILES string of the molecule is NC(=O)c1cccc(C2CC3CCC(C2)N3CCN(CC2CCC(F)(F)CC2)C(=O)COP(=O)(O)O)c1. The van der Waals surface area contributed by atoms with Gasteiger partial charge in [0.05, 0.1) is 0 Å². The Labute approximate surface area is 215 Å². The zero-order valence-corrected chi connectivity index (χ0v) is 21.7. The van der Waals surface area contributed by atoms with Crippen molar-refractivity contribution < 1.29 is 37.2 Å². The van der Waals surface area contributed by atoms with Crippen molar-refractivity contribution >= 4 is 19.6 Å². The second-order valence-electron chi connectivity index (χ2n) is 10.7. The summed E-state index contributed by atoms with van der Waals surface area (Å²) in [7, 11) is -4.81. The van der Waals surface area contributed by atoms with E-state index in [0.29, 0.717) is 49.5 Å². The lowest BCUT2D eigenvalue weighted by molar-refractivity contribution is -0.135. The smallest absolute Gasteiger partial charge is 0.366 e. The van der Waals surface area contributed by atoms with Gasteiger partial charge >= 0.3 is 7.82 Å². The molecular formula is C25H36F2N3O6P. The van der Waals surface area contributed by atoms with Crippen molar-refractivity contribution in [2.75, 3.05) is 26.2 Å². The molecule has 2 saturated heterocycles. The number of primary amides is 1. The van der Waals surface area contributed by atoms with Gasteiger partial charge in [-0.25, -0.2) is 13.3 Å². The standard InChI is InChI=1S/C25H36F2N3O6P/c26-25(27)8-6-17(7-9-25)15-29(23(31)16-36-37(33,34)35)10-11-30-21-4-5-22(30)14-20(13-21)18-2-1-3-19(12-18)24(28)32/h1-3,12,17,20-22H,4-11,13-16H2,(H2,28,32)(H2,33,34,35). The highest BCUT2D eigenvalue weighted by atomic mass is 31.2. The fraction of sp³-hybridized carbons (Fsp3) is 0.680. The van der Waals surface area contributed by atoms with Crippen LogP contribution in [-0.2, 0) is 13.9 Å². The lowest BCUT2D eigenvalue weighted by Gasteiger charge is -2.40. The Kier molecular flexibility index (Phi) is 8.70. The number of hydrogen-bond donors (Lipinski definition) is 3. The zero-order valence-electron chi connectivity index (χ0n) is 20.8. The summed E-state index contributed by atoms with van der Waals surface area (Å²) in [6, 6.07) is 8.10. The van der Waals surface area contributed by atoms with E-state index in [-0.39, 0.29) is 25.3 Å². The van der Waals surface area contributed by atoms with Crippen LogP contribution in [-0.4, -0.2) is 75.6 Å². The van der Waals surface area contributed by atoms with Gasteiger partial charge in [0.15, 0.2) is 0 Å². The predicted molar refractivity (Wildman–Crippen MR) is 132 cm³/mol. The topological polar surface area (TPSA) is 133 Å². The summed E-state index contributed by atoms with van der Waals surface area (Å²) < 4.78 is 42.8. The van der Waals surface area contributed by atoms with E-state index in [0.717, 1.165) is 31.2 Å². The molecule has 4 rings (SSSR count). The Balaban J connectivity index is 1.38. The molecule has 3 aliphatic rings. The minimum Gasteiger partial charge on any atom is -0.366 e. The number of fused-ring (bicyclic) bond motifs is 2. The maximum atomic E-state index is 13.6. The zero-order chi connectivity index (χ0) is 26.8. The first kappa shape index (κ1) is 28.1. The first-order valence-electron chi connectivity index (χ1n) is 12.9. The molecule has 0 spiro atoms. The van der Waals surface area contributed by atoms with E-state index < -0.39 is 32.2 Å². The lowest BCUT2D eigenvalue weighted by Crippen LogP contribution is -2.48. The van der Waals surface area contributed by atoms with Gasteiger partial charge in [-0.15, -0.1) is 0 Å². The van der Waals surface area contributed by atoms with Crippen molar-refractivity contribution in [2.24, 2.45) is 11.7 Å². The quantitative estimate of drug-likeness (QED) is 0.386. The molecule has 2 bridgehead atoms. The Hall–Kier alpha value is -1.91. The van der Waals surface area contributed by atoms with Crippen LogP contribution in [0.2, 0.25) is 0 Å². The van der Waals surface area contributed by atoms with Gasteiger partial charge in [0.1, 0.15) is 6.61 Å². The van der Waals surface area contributed by atoms with Crippen LogP contribution in [0.15, 0.2) is 24.3 Å². The first-order chi connectivity index (χ1) is 17.4. The van der Waals surface area contributed by atoms with Crippen molar-refractivity contribution in [1.29, 1.82) is 0 Å². The molecule has 2 atom stereocenters. The van der Waals surface area contributed by atoms with Crippen LogP contribution in [0.4, 0.5) is 8.78 Å². The van der Waals surface area contributed by atoms with Crippen LogP contribution >= 0.6 is 7.82 Å². The number of alkyl halides is 2. The summed E-state index contributed by atoms with van der Waals surface area (Å²) in [6.07, 6.45) is 4.08. The summed E-state index contributed by atoms with van der Waals surface area (Å²) in [4.78, 5) is 46.3. The number of rotatable bonds is 10. The molecule has 9 nitrogen and oxygen atoms in total. The van der Waals surface area contributed by atoms with Crippen molar-refractivity contribution in [1.82, 2.24) is 9.80 Å². The second-order valence-corrected chi connectivity index (χ2v) is 11.9. The molecule has 1 aromatic rings. The van der Waals surface area contributed by atoms with Crippen LogP contribution in [0.3, 0.4) is 0 Å². The maximum Gasteiger partial charge on any atom is 0.470 e. The van der Waals surface area contributed by atoms with Gasteiger partial charge < -0.3 is 20.4 Å². The highest BCUT2D eigenvalue weighted by Gasteiger charge is 2.41. The van der Waals surface area contributed by atoms with E-state index in [1.165, 1.54) is 4.90 Å². The average Bonchev–Trinajstić information content (AvgIpc) is 3.07. The minimum atomic E-state index is -4.81. The second kappa shape index (κ2) is 11.5. The highest BCUT2D eigenvalue weighted by Crippen LogP contribution is 2.43. The molecular weight excluding hydrogens is 507 g/mol. The number of benzene rings is 1. The molecule has 1 saturated carbocycles. The number of phosphoric acid groups is 1. The molecule has 1 aromatic carbocycles. The summed E-state index contributed by atoms with van der Waals surface area (Å²) in [5.41, 5.74) is 7.05. The van der Waals surface area contributed by atoms with Gasteiger partial charge in [0.2, 0.25) is 17.7 Å². The molecule has 4 N–H and O–H groups in total. The molecule has 2 heterocycles. The molecule has 1 aliphatic carbocycles. The normalized spacial score (nSPS) is 26.2. The number of piperidine rings is 1. The molecule has 3 fully saturated rings. The largest absolute Gasteiger partial charge is 0.470 e. The van der Waals surface area contributed by atoms with Gasteiger partial charge in [-0.1, -0.05) is 12.1 Å². The van der Waals surface area contributed by atoms with Crippen molar-refractivity contribution in [3.05, 3.63) is 35.4 Å². The number of halogens is 2. The van der Waals surface area contributed by atoms with E-state index in [4.69, 9.17) is 15.5 Å². The van der Waals surface area contributed by atoms with E-state index in [1.807, 2.05) is 18.2 Å². The van der Waals surface area contributed by atoms with Gasteiger partial charge in [-0.05, 0) is 68.1 Å². The van der Waals surface area contributed by atoms with E-state index >= 15 is 0 Å². The summed E-state index contributed by atoms with van der Waals surface area (Å²) in [5.74, 6) is -3.44. The van der Waals surface area contributed by atoms with E-state index in [1.54, 1.807) is 6.07 Å². The highest BCUT2D eigenvalue weighted by molar-refractivity contribution is 7.46. The molecule has 206 valence electrons. The van der Waals surface area contributed by atoms with Crippen LogP contribution < -0.4 is 5.73 Å². The van der Waals surface area contributed by atoms with Crippen LogP contribution in [0, 0.1) is 5.92 Å². The molecule has 2 unspecified atom stereocenters. The minimum absolute atomic E-state index is 0.0846. The fourth-order valence-electron chi connectivity index (χ4n) is 6.24. The third-order valence-electron chi connectivity index (χ3n) is 8.18. The van der Waals surface area contributed by atoms with Crippen LogP contribution in [0.1, 0.15) is 73.2 Å². The monoisotopic (exact) mass is 543 g/mol. The number of carbonyl (C=O) groups is 2. The molecule has 2 amide bonds. The number of nitrogens with zero attached hydrogens (tertiary/aromatic N) is 2. The van der Waals surface area contributed by atoms with Crippen LogP contribution in [0.5, 0.6) is 0 Å². The van der Waals surface area contributed by atoms with Crippen molar-refractivity contribution in [3.63, 3.8) is 0 Å². The lowest BCUT2D eigenvalue weighted by atomic mass is 9.84. The molecule has 2 aliphatic heterocycles. The van der Waals surface area contributed by atoms with Crippen molar-refractivity contribution in [3.8, 4) is 0 Å². The molecule has 0 radical (unpaired) electrons. The Morgan fingerprint density at radius 3 is 2.38 bits per heavy atom. The van der Waals surface area contributed by atoms with Gasteiger partial charge in [-0.3, -0.25) is 19.0 Å². The van der Waals surface area contributed by atoms with Crippen molar-refractivity contribution in [2.45, 2.75) is 75.3 Å². The number of hydrogen-bond acceptors (Lipinski definition) is 5. The average molecular weight is 544 g/mol. The molecule has 0 aromatic heterocycles. The summed E-state index contributed by atoms with van der Waals surface area (Å²) >= 11 is 0. The fourth-order valence-corrected chi connectivity index (χ4v) is 6.51. The third-order valence-corrected chi connectivity index (χ3v) is 8.64. The predicted octanol–water partition coefficient (Wildman–Crippen LogP) is 3.26. The Morgan fingerprint density at radius 2 is 1.78 bits per heavy atom. The van der Waals surface area contributed by atoms with Gasteiger partial charge in [0.25, 0.3) is 0 Å². The maximum absolute atomic E-state index is 13.6. The molecule has 37 heavy (non-hydrogen) atoms. The van der Waals surface area contributed by atoms with Gasteiger partial charge in [0, 0.05) is 50.1 Å². The number of nitrogens with two attached hydrogens (primary N) is 1. The number of phosphoric ester groups is 1. The molecule has 12 heteroatoms. The van der Waals surface area contributed by atoms with Crippen LogP contribution in [0.25, 0.3) is 0 Å². The first-order valence-corrected chi connectivity index (χ1v) is 14.4. The Morgan fingerprint density at radius 1 is 1.14 bits per heavy atom. The number of carbonyl (C=O) groups excluding carboxylic acids is 2. The summed E-state index contributed by atoms with van der Waals surface area (Å²) in [5, 5.41) is 0. The summed E-state index contributed by atoms with van der Waals surface area (Å²) in [6.45, 7) is 0.447. The Bertz CT molecular complexity index is 1010. The van der Waals surface area contributed by atoms with E-state index in [2.05, 4.69) is 9.42 Å². The van der Waals surface area contributed by atoms with E-state index in [9.17, 15) is 22.9 Å².